The van der Waals surface area contributed by atoms with Crippen LogP contribution in [0.15, 0.2) is 41.3 Å². The van der Waals surface area contributed by atoms with E-state index in [1.54, 1.807) is 30.2 Å². The van der Waals surface area contributed by atoms with Crippen molar-refractivity contribution < 1.29 is 24.2 Å². The molecule has 1 aromatic carbocycles. The second kappa shape index (κ2) is 8.00. The molecule has 0 bridgehead atoms. The zero-order chi connectivity index (χ0) is 20.5. The Morgan fingerprint density at radius 2 is 2.17 bits per heavy atom. The van der Waals surface area contributed by atoms with Gasteiger partial charge in [-0.15, -0.1) is 11.3 Å². The summed E-state index contributed by atoms with van der Waals surface area (Å²) in [6.07, 6.45) is 1.72. The first-order chi connectivity index (χ1) is 14.0. The number of thiophene rings is 1. The van der Waals surface area contributed by atoms with Crippen molar-refractivity contribution in [2.24, 2.45) is 0 Å². The first kappa shape index (κ1) is 19.7. The third kappa shape index (κ3) is 3.56. The van der Waals surface area contributed by atoms with Crippen LogP contribution in [-0.2, 0) is 14.3 Å². The molecule has 2 saturated heterocycles. The molecule has 4 rings (SSSR count). The van der Waals surface area contributed by atoms with E-state index >= 15 is 0 Å². The van der Waals surface area contributed by atoms with Crippen LogP contribution >= 0.6 is 11.3 Å². The minimum Gasteiger partial charge on any atom is -0.507 e. The van der Waals surface area contributed by atoms with E-state index in [0.717, 1.165) is 23.3 Å². The monoisotopic (exact) mass is 413 g/mol. The topological polar surface area (TPSA) is 76.1 Å². The molecule has 0 radical (unpaired) electrons. The highest BCUT2D eigenvalue weighted by Crippen LogP contribution is 2.42. The highest BCUT2D eigenvalue weighted by Gasteiger charge is 2.47. The predicted molar refractivity (Wildman–Crippen MR) is 110 cm³/mol. The third-order valence-electron chi connectivity index (χ3n) is 5.47. The molecule has 1 aromatic heterocycles. The van der Waals surface area contributed by atoms with E-state index in [2.05, 4.69) is 0 Å². The second-order valence-electron chi connectivity index (χ2n) is 7.28. The minimum atomic E-state index is -0.658. The van der Waals surface area contributed by atoms with Crippen molar-refractivity contribution in [1.29, 1.82) is 0 Å². The molecule has 0 spiro atoms. The first-order valence-corrected chi connectivity index (χ1v) is 10.5. The lowest BCUT2D eigenvalue weighted by Crippen LogP contribution is -2.36. The van der Waals surface area contributed by atoms with E-state index in [1.807, 2.05) is 24.4 Å². The van der Waals surface area contributed by atoms with Crippen LogP contribution < -0.4 is 4.74 Å². The average Bonchev–Trinajstić information content (AvgIpc) is 3.46. The molecule has 1 amide bonds. The summed E-state index contributed by atoms with van der Waals surface area (Å²) in [5, 5.41) is 13.0. The van der Waals surface area contributed by atoms with Gasteiger partial charge < -0.3 is 19.5 Å². The van der Waals surface area contributed by atoms with Crippen molar-refractivity contribution >= 4 is 28.8 Å². The number of aliphatic hydroxyl groups excluding tert-OH is 1. The molecule has 2 aromatic rings. The third-order valence-corrected chi connectivity index (χ3v) is 6.39. The Kier molecular flexibility index (Phi) is 5.43. The molecule has 152 valence electrons. The maximum absolute atomic E-state index is 13.0. The Balaban J connectivity index is 1.80. The molecule has 1 N–H and O–H groups in total. The summed E-state index contributed by atoms with van der Waals surface area (Å²) >= 11 is 1.46. The number of likely N-dealkylation sites (tertiary alicyclic amines) is 1. The van der Waals surface area contributed by atoms with Gasteiger partial charge in [-0.3, -0.25) is 9.59 Å². The van der Waals surface area contributed by atoms with Crippen LogP contribution in [0.25, 0.3) is 5.76 Å². The van der Waals surface area contributed by atoms with E-state index in [1.165, 1.54) is 11.3 Å². The summed E-state index contributed by atoms with van der Waals surface area (Å²) in [5.74, 6) is -0.745. The van der Waals surface area contributed by atoms with Gasteiger partial charge in [-0.25, -0.2) is 0 Å². The Morgan fingerprint density at radius 1 is 1.34 bits per heavy atom. The van der Waals surface area contributed by atoms with Gasteiger partial charge in [-0.1, -0.05) is 6.07 Å². The van der Waals surface area contributed by atoms with E-state index < -0.39 is 17.7 Å². The number of amides is 1. The number of nitrogens with zero attached hydrogens (tertiary/aromatic N) is 1. The average molecular weight is 413 g/mol. The first-order valence-electron chi connectivity index (χ1n) is 9.59. The van der Waals surface area contributed by atoms with Crippen LogP contribution in [0, 0.1) is 6.92 Å². The smallest absolute Gasteiger partial charge is 0.295 e. The number of hydrogen-bond donors (Lipinski definition) is 1. The van der Waals surface area contributed by atoms with Crippen LogP contribution in [-0.4, -0.2) is 48.1 Å². The van der Waals surface area contributed by atoms with Crippen LogP contribution in [0.4, 0.5) is 0 Å². The molecular formula is C22H23NO5S. The normalized spacial score (nSPS) is 23.7. The van der Waals surface area contributed by atoms with Gasteiger partial charge in [0.25, 0.3) is 11.7 Å². The number of aryl methyl sites for hydroxylation is 1. The fraction of sp³-hybridized carbons (Fsp3) is 0.364. The number of methoxy groups -OCH3 is 1. The van der Waals surface area contributed by atoms with E-state index in [-0.39, 0.29) is 17.4 Å². The Morgan fingerprint density at radius 3 is 2.79 bits per heavy atom. The van der Waals surface area contributed by atoms with E-state index in [4.69, 9.17) is 9.47 Å². The zero-order valence-corrected chi connectivity index (χ0v) is 17.2. The van der Waals surface area contributed by atoms with Gasteiger partial charge in [0.2, 0.25) is 0 Å². The molecule has 3 heterocycles. The molecule has 2 atom stereocenters. The van der Waals surface area contributed by atoms with E-state index in [0.29, 0.717) is 24.5 Å². The molecule has 6 nitrogen and oxygen atoms in total. The number of Topliss-reactive ketones (excluding diaryl/α,β-unsaturated/α-hetero) is 1. The number of ether oxygens (including phenoxy) is 2. The molecule has 29 heavy (non-hydrogen) atoms. The maximum atomic E-state index is 13.0. The van der Waals surface area contributed by atoms with Gasteiger partial charge in [0.1, 0.15) is 11.5 Å². The summed E-state index contributed by atoms with van der Waals surface area (Å²) < 4.78 is 10.9. The lowest BCUT2D eigenvalue weighted by molar-refractivity contribution is -0.140. The second-order valence-corrected chi connectivity index (χ2v) is 8.26. The Bertz CT molecular complexity index is 960. The van der Waals surface area contributed by atoms with Crippen molar-refractivity contribution in [3.8, 4) is 5.75 Å². The fourth-order valence-corrected chi connectivity index (χ4v) is 4.84. The van der Waals surface area contributed by atoms with E-state index in [9.17, 15) is 14.7 Å². The number of benzene rings is 1. The molecular weight excluding hydrogens is 390 g/mol. The van der Waals surface area contributed by atoms with Crippen molar-refractivity contribution in [3.63, 3.8) is 0 Å². The molecule has 2 fully saturated rings. The van der Waals surface area contributed by atoms with Gasteiger partial charge in [-0.05, 0) is 55.0 Å². The number of rotatable bonds is 5. The molecule has 2 aliphatic heterocycles. The number of hydrogen-bond acceptors (Lipinski definition) is 6. The molecule has 7 heteroatoms. The lowest BCUT2D eigenvalue weighted by Gasteiger charge is -2.26. The number of carbonyl (C=O) groups excluding carboxylic acids is 2. The Hall–Kier alpha value is -2.64. The van der Waals surface area contributed by atoms with Crippen molar-refractivity contribution in [3.05, 3.63) is 57.3 Å². The summed E-state index contributed by atoms with van der Waals surface area (Å²) in [7, 11) is 1.57. The molecule has 2 unspecified atom stereocenters. The zero-order valence-electron chi connectivity index (χ0n) is 16.4. The van der Waals surface area contributed by atoms with Crippen LogP contribution in [0.3, 0.4) is 0 Å². The maximum Gasteiger partial charge on any atom is 0.295 e. The van der Waals surface area contributed by atoms with Gasteiger partial charge in [0, 0.05) is 23.6 Å². The van der Waals surface area contributed by atoms with Gasteiger partial charge in [0.15, 0.2) is 0 Å². The van der Waals surface area contributed by atoms with Crippen LogP contribution in [0.2, 0.25) is 0 Å². The molecule has 0 saturated carbocycles. The highest BCUT2D eigenvalue weighted by atomic mass is 32.1. The highest BCUT2D eigenvalue weighted by molar-refractivity contribution is 7.10. The summed E-state index contributed by atoms with van der Waals surface area (Å²) in [6, 6.07) is 8.38. The van der Waals surface area contributed by atoms with Gasteiger partial charge >= 0.3 is 0 Å². The standard InChI is InChI=1S/C22H23NO5S/c1-13-11-14(27-2)7-8-16(13)20(24)18-19(17-6-4-10-29-17)23(22(26)21(18)25)12-15-5-3-9-28-15/h4,6-8,10-11,15,19,24H,3,5,9,12H2,1-2H3/b20-18-. The fourth-order valence-electron chi connectivity index (χ4n) is 3.99. The van der Waals surface area contributed by atoms with Crippen LogP contribution in [0.5, 0.6) is 5.75 Å². The van der Waals surface area contributed by atoms with Gasteiger partial charge in [-0.2, -0.15) is 0 Å². The predicted octanol–water partition coefficient (Wildman–Crippen LogP) is 3.67. The SMILES string of the molecule is COc1ccc(/C(O)=C2/C(=O)C(=O)N(CC3CCCO3)C2c2cccs2)c(C)c1. The lowest BCUT2D eigenvalue weighted by atomic mass is 9.97. The van der Waals surface area contributed by atoms with Crippen molar-refractivity contribution in [1.82, 2.24) is 4.90 Å². The largest absolute Gasteiger partial charge is 0.507 e. The summed E-state index contributed by atoms with van der Waals surface area (Å²) in [5.41, 5.74) is 1.41. The summed E-state index contributed by atoms with van der Waals surface area (Å²) in [6.45, 7) is 2.84. The minimum absolute atomic E-state index is 0.0848. The van der Waals surface area contributed by atoms with Crippen molar-refractivity contribution in [2.45, 2.75) is 31.9 Å². The Labute approximate surface area is 173 Å². The molecule has 2 aliphatic rings. The number of carbonyl (C=O) groups is 2. The van der Waals surface area contributed by atoms with Gasteiger partial charge in [0.05, 0.1) is 24.8 Å². The summed E-state index contributed by atoms with van der Waals surface area (Å²) in [4.78, 5) is 28.3. The van der Waals surface area contributed by atoms with Crippen LogP contribution in [0.1, 0.15) is 34.9 Å². The number of ketones is 1. The van der Waals surface area contributed by atoms with Crippen molar-refractivity contribution in [2.75, 3.05) is 20.3 Å². The number of aliphatic hydroxyl groups is 1. The molecule has 0 aliphatic carbocycles. The quantitative estimate of drug-likeness (QED) is 0.460.